The standard InChI is InChI=1S/C28H35N7O3/c1-18(2)26(21-17-34-13-8-10-19-9-7-11-20(21)27(19)34)32-28(29-3)31-23-15-24(35(36)37)22(16-25(23)38-6)30-12-14-33(4)5/h7,9,11,15-17,30H,1,8,10,12-14H2,2-6H3,(H,29,31)/b32-26+. The van der Waals surface area contributed by atoms with E-state index in [0.717, 1.165) is 42.5 Å². The van der Waals surface area contributed by atoms with Gasteiger partial charge >= 0.3 is 0 Å². The van der Waals surface area contributed by atoms with Crippen molar-refractivity contribution in [1.82, 2.24) is 9.47 Å². The maximum Gasteiger partial charge on any atom is 0.294 e. The number of hydrogen-bond acceptors (Lipinski definition) is 6. The zero-order valence-corrected chi connectivity index (χ0v) is 22.7. The Kier molecular flexibility index (Phi) is 8.11. The van der Waals surface area contributed by atoms with Crippen molar-refractivity contribution in [3.8, 4) is 5.75 Å². The maximum absolute atomic E-state index is 11.9. The minimum absolute atomic E-state index is 0.0689. The fraction of sp³-hybridized carbons (Fsp3) is 0.357. The third kappa shape index (κ3) is 5.55. The number of aryl methyl sites for hydroxylation is 2. The Hall–Kier alpha value is -4.18. The first-order valence-corrected chi connectivity index (χ1v) is 12.6. The van der Waals surface area contributed by atoms with Crippen molar-refractivity contribution < 1.29 is 9.66 Å². The Morgan fingerprint density at radius 3 is 2.74 bits per heavy atom. The zero-order chi connectivity index (χ0) is 27.4. The van der Waals surface area contributed by atoms with Crippen LogP contribution in [0.1, 0.15) is 24.5 Å². The van der Waals surface area contributed by atoms with Gasteiger partial charge in [-0.1, -0.05) is 24.8 Å². The number of nitrogens with zero attached hydrogens (tertiary/aromatic N) is 5. The molecule has 2 aromatic carbocycles. The molecule has 10 nitrogen and oxygen atoms in total. The number of aromatic nitrogens is 1. The number of anilines is 2. The highest BCUT2D eigenvalue weighted by Gasteiger charge is 2.22. The van der Waals surface area contributed by atoms with Crippen molar-refractivity contribution in [3.63, 3.8) is 0 Å². The van der Waals surface area contributed by atoms with Crippen LogP contribution in [0.2, 0.25) is 0 Å². The van der Waals surface area contributed by atoms with E-state index in [-0.39, 0.29) is 11.6 Å². The summed E-state index contributed by atoms with van der Waals surface area (Å²) in [6.07, 6.45) is 4.29. The van der Waals surface area contributed by atoms with Gasteiger partial charge in [-0.2, -0.15) is 0 Å². The average Bonchev–Trinajstić information content (AvgIpc) is 3.26. The SMILES string of the molecule is C=C(C)/C(=N\C(=NC)Nc1cc([N+](=O)[O-])c(NCCN(C)C)cc1OC)c1cn2c3c(cccc13)CCC2. The molecule has 2 heterocycles. The summed E-state index contributed by atoms with van der Waals surface area (Å²) in [7, 11) is 7.03. The van der Waals surface area contributed by atoms with Crippen LogP contribution in [-0.2, 0) is 13.0 Å². The molecule has 3 aromatic rings. The lowest BCUT2D eigenvalue weighted by Crippen LogP contribution is -2.21. The molecule has 2 N–H and O–H groups in total. The molecule has 1 aliphatic rings. The van der Waals surface area contributed by atoms with E-state index in [1.807, 2.05) is 25.9 Å². The zero-order valence-electron chi connectivity index (χ0n) is 22.7. The third-order valence-electron chi connectivity index (χ3n) is 6.55. The minimum atomic E-state index is -0.415. The molecule has 38 heavy (non-hydrogen) atoms. The van der Waals surface area contributed by atoms with Gasteiger partial charge in [0.25, 0.3) is 5.69 Å². The third-order valence-corrected chi connectivity index (χ3v) is 6.55. The van der Waals surface area contributed by atoms with Crippen LogP contribution in [-0.4, -0.2) is 67.4 Å². The summed E-state index contributed by atoms with van der Waals surface area (Å²) in [5.41, 5.74) is 5.75. The Morgan fingerprint density at radius 1 is 1.29 bits per heavy atom. The van der Waals surface area contributed by atoms with E-state index in [2.05, 4.69) is 51.2 Å². The lowest BCUT2D eigenvalue weighted by Gasteiger charge is -2.16. The fourth-order valence-electron chi connectivity index (χ4n) is 4.73. The molecule has 0 amide bonds. The molecule has 0 atom stereocenters. The van der Waals surface area contributed by atoms with Crippen molar-refractivity contribution in [3.05, 3.63) is 69.9 Å². The quantitative estimate of drug-likeness (QED) is 0.180. The molecule has 0 saturated heterocycles. The molecule has 0 aliphatic carbocycles. The van der Waals surface area contributed by atoms with E-state index in [9.17, 15) is 10.1 Å². The van der Waals surface area contributed by atoms with Crippen LogP contribution >= 0.6 is 0 Å². The lowest BCUT2D eigenvalue weighted by molar-refractivity contribution is -0.383. The molecule has 0 unspecified atom stereocenters. The summed E-state index contributed by atoms with van der Waals surface area (Å²) < 4.78 is 7.85. The van der Waals surface area contributed by atoms with Gasteiger partial charge < -0.3 is 24.8 Å². The monoisotopic (exact) mass is 517 g/mol. The van der Waals surface area contributed by atoms with E-state index < -0.39 is 4.92 Å². The van der Waals surface area contributed by atoms with Gasteiger partial charge in [-0.15, -0.1) is 0 Å². The first-order valence-electron chi connectivity index (χ1n) is 12.6. The minimum Gasteiger partial charge on any atom is -0.494 e. The van der Waals surface area contributed by atoms with Gasteiger partial charge in [0, 0.05) is 56.0 Å². The normalized spacial score (nSPS) is 13.6. The van der Waals surface area contributed by atoms with E-state index in [1.54, 1.807) is 13.1 Å². The second kappa shape index (κ2) is 11.5. The van der Waals surface area contributed by atoms with Gasteiger partial charge in [-0.3, -0.25) is 15.1 Å². The number of nitro benzene ring substituents is 1. The highest BCUT2D eigenvalue weighted by Crippen LogP contribution is 2.36. The molecular weight excluding hydrogens is 482 g/mol. The van der Waals surface area contributed by atoms with Crippen LogP contribution in [0.5, 0.6) is 5.75 Å². The predicted octanol–water partition coefficient (Wildman–Crippen LogP) is 4.94. The second-order valence-corrected chi connectivity index (χ2v) is 9.62. The van der Waals surface area contributed by atoms with Gasteiger partial charge in [-0.25, -0.2) is 4.99 Å². The number of benzene rings is 2. The predicted molar refractivity (Wildman–Crippen MR) is 155 cm³/mol. The molecule has 0 fully saturated rings. The summed E-state index contributed by atoms with van der Waals surface area (Å²) in [5.74, 6) is 0.721. The molecule has 1 aliphatic heterocycles. The van der Waals surface area contributed by atoms with Crippen LogP contribution in [0.3, 0.4) is 0 Å². The number of rotatable bonds is 9. The van der Waals surface area contributed by atoms with Crippen LogP contribution in [0.4, 0.5) is 17.1 Å². The van der Waals surface area contributed by atoms with Crippen LogP contribution < -0.4 is 15.4 Å². The number of nitro groups is 1. The number of aliphatic imine (C=N–C) groups is 2. The van der Waals surface area contributed by atoms with E-state index >= 15 is 0 Å². The topological polar surface area (TPSA) is 109 Å². The van der Waals surface area contributed by atoms with Gasteiger partial charge in [-0.05, 0) is 45.0 Å². The molecule has 0 radical (unpaired) electrons. The molecule has 10 heteroatoms. The molecular formula is C28H35N7O3. The van der Waals surface area contributed by atoms with Crippen molar-refractivity contribution in [2.24, 2.45) is 9.98 Å². The lowest BCUT2D eigenvalue weighted by atomic mass is 10.00. The molecule has 1 aromatic heterocycles. The Labute approximate surface area is 222 Å². The van der Waals surface area contributed by atoms with Crippen LogP contribution in [0.15, 0.2) is 58.7 Å². The first kappa shape index (κ1) is 26.9. The molecule has 200 valence electrons. The van der Waals surface area contributed by atoms with Crippen LogP contribution in [0, 0.1) is 10.1 Å². The highest BCUT2D eigenvalue weighted by molar-refractivity contribution is 6.23. The van der Waals surface area contributed by atoms with Gasteiger partial charge in [0.15, 0.2) is 0 Å². The highest BCUT2D eigenvalue weighted by atomic mass is 16.6. The van der Waals surface area contributed by atoms with E-state index in [1.165, 1.54) is 24.3 Å². The Morgan fingerprint density at radius 2 is 2.08 bits per heavy atom. The van der Waals surface area contributed by atoms with Crippen molar-refractivity contribution >= 4 is 39.6 Å². The van der Waals surface area contributed by atoms with E-state index in [4.69, 9.17) is 9.73 Å². The summed E-state index contributed by atoms with van der Waals surface area (Å²) in [6, 6.07) is 9.44. The maximum atomic E-state index is 11.9. The number of hydrogen-bond donors (Lipinski definition) is 2. The molecule has 0 spiro atoms. The van der Waals surface area contributed by atoms with Crippen molar-refractivity contribution in [2.75, 3.05) is 52.0 Å². The number of allylic oxidation sites excluding steroid dienone is 1. The van der Waals surface area contributed by atoms with Crippen molar-refractivity contribution in [1.29, 1.82) is 0 Å². The average molecular weight is 518 g/mol. The molecule has 4 rings (SSSR count). The summed E-state index contributed by atoms with van der Waals surface area (Å²) in [6.45, 7) is 8.33. The number of methoxy groups -OCH3 is 1. The number of ether oxygens (including phenoxy) is 1. The fourth-order valence-corrected chi connectivity index (χ4v) is 4.73. The summed E-state index contributed by atoms with van der Waals surface area (Å²) >= 11 is 0. The first-order chi connectivity index (χ1) is 18.2. The Bertz CT molecular complexity index is 1440. The Balaban J connectivity index is 1.71. The molecule has 0 saturated carbocycles. The van der Waals surface area contributed by atoms with E-state index in [0.29, 0.717) is 29.4 Å². The second-order valence-electron chi connectivity index (χ2n) is 9.62. The number of para-hydroxylation sites is 1. The van der Waals surface area contributed by atoms with Crippen molar-refractivity contribution in [2.45, 2.75) is 26.3 Å². The summed E-state index contributed by atoms with van der Waals surface area (Å²) in [5, 5.41) is 19.3. The number of nitrogens with one attached hydrogen (secondary N) is 2. The largest absolute Gasteiger partial charge is 0.494 e. The van der Waals surface area contributed by atoms with Gasteiger partial charge in [0.1, 0.15) is 11.4 Å². The number of likely N-dealkylation sites (N-methyl/N-ethyl adjacent to an activating group) is 1. The van der Waals surface area contributed by atoms with Gasteiger partial charge in [0.2, 0.25) is 5.96 Å². The van der Waals surface area contributed by atoms with Gasteiger partial charge in [0.05, 0.1) is 28.9 Å². The summed E-state index contributed by atoms with van der Waals surface area (Å²) in [4.78, 5) is 22.6. The molecule has 0 bridgehead atoms. The smallest absolute Gasteiger partial charge is 0.294 e. The number of guanidine groups is 1. The van der Waals surface area contributed by atoms with Crippen LogP contribution in [0.25, 0.3) is 10.9 Å².